The first kappa shape index (κ1) is 13.8. The summed E-state index contributed by atoms with van der Waals surface area (Å²) in [5.74, 6) is -0.969. The summed E-state index contributed by atoms with van der Waals surface area (Å²) in [4.78, 5) is 17.4. The molecular formula is C14H20N2O3. The maximum absolute atomic E-state index is 11.3. The maximum Gasteiger partial charge on any atom is 0.339 e. The number of carboxylic acids is 1. The van der Waals surface area contributed by atoms with E-state index in [2.05, 4.69) is 4.98 Å². The molecule has 104 valence electrons. The molecule has 5 nitrogen and oxygen atoms in total. The van der Waals surface area contributed by atoms with Crippen molar-refractivity contribution in [1.82, 2.24) is 4.98 Å². The highest BCUT2D eigenvalue weighted by Crippen LogP contribution is 2.27. The smallest absolute Gasteiger partial charge is 0.339 e. The number of anilines is 1. The zero-order valence-electron chi connectivity index (χ0n) is 11.2. The van der Waals surface area contributed by atoms with Crippen LogP contribution in [0.1, 0.15) is 41.7 Å². The lowest BCUT2D eigenvalue weighted by atomic mass is 10.1. The Morgan fingerprint density at radius 1 is 1.47 bits per heavy atom. The fraction of sp³-hybridized carbons (Fsp3) is 0.571. The highest BCUT2D eigenvalue weighted by Gasteiger charge is 2.24. The average molecular weight is 264 g/mol. The van der Waals surface area contributed by atoms with E-state index in [-0.39, 0.29) is 18.2 Å². The van der Waals surface area contributed by atoms with Crippen molar-refractivity contribution in [3.8, 4) is 0 Å². The van der Waals surface area contributed by atoms with Gasteiger partial charge in [0.2, 0.25) is 0 Å². The van der Waals surface area contributed by atoms with Gasteiger partial charge in [-0.25, -0.2) is 4.79 Å². The number of carbonyl (C=O) groups is 1. The SMILES string of the molecule is Cc1cc(N2CCCCCC2CO)c(C(=O)O)cn1. The van der Waals surface area contributed by atoms with Crippen LogP contribution in [0.3, 0.4) is 0 Å². The number of nitrogens with zero attached hydrogens (tertiary/aromatic N) is 2. The predicted molar refractivity (Wildman–Crippen MR) is 72.6 cm³/mol. The van der Waals surface area contributed by atoms with E-state index >= 15 is 0 Å². The molecule has 0 aromatic carbocycles. The van der Waals surface area contributed by atoms with Gasteiger partial charge in [0.25, 0.3) is 0 Å². The molecule has 2 N–H and O–H groups in total. The normalized spacial score (nSPS) is 20.1. The average Bonchev–Trinajstić information content (AvgIpc) is 2.63. The van der Waals surface area contributed by atoms with Crippen LogP contribution >= 0.6 is 0 Å². The maximum atomic E-state index is 11.3. The van der Waals surface area contributed by atoms with Crippen molar-refractivity contribution in [2.75, 3.05) is 18.1 Å². The van der Waals surface area contributed by atoms with Gasteiger partial charge in [-0.1, -0.05) is 12.8 Å². The highest BCUT2D eigenvalue weighted by atomic mass is 16.4. The zero-order valence-corrected chi connectivity index (χ0v) is 11.2. The molecule has 19 heavy (non-hydrogen) atoms. The lowest BCUT2D eigenvalue weighted by molar-refractivity contribution is 0.0696. The van der Waals surface area contributed by atoms with Crippen molar-refractivity contribution in [2.45, 2.75) is 38.6 Å². The van der Waals surface area contributed by atoms with Crippen LogP contribution in [-0.2, 0) is 0 Å². The van der Waals surface area contributed by atoms with Crippen molar-refractivity contribution in [2.24, 2.45) is 0 Å². The number of hydrogen-bond acceptors (Lipinski definition) is 4. The number of hydrogen-bond donors (Lipinski definition) is 2. The van der Waals surface area contributed by atoms with E-state index in [1.54, 1.807) is 6.07 Å². The number of aliphatic hydroxyl groups is 1. The Labute approximate surface area is 112 Å². The van der Waals surface area contributed by atoms with Gasteiger partial charge < -0.3 is 15.1 Å². The number of rotatable bonds is 3. The Morgan fingerprint density at radius 3 is 2.95 bits per heavy atom. The summed E-state index contributed by atoms with van der Waals surface area (Å²) < 4.78 is 0. The standard InChI is InChI=1S/C14H20N2O3/c1-10-7-13(12(8-15-10)14(18)19)16-6-4-2-3-5-11(16)9-17/h7-8,11,17H,2-6,9H2,1H3,(H,18,19). The fourth-order valence-electron chi connectivity index (χ4n) is 2.63. The third-order valence-corrected chi connectivity index (χ3v) is 3.65. The van der Waals surface area contributed by atoms with Crippen molar-refractivity contribution in [1.29, 1.82) is 0 Å². The Kier molecular flexibility index (Phi) is 4.37. The molecule has 1 aromatic rings. The number of aromatic nitrogens is 1. The van der Waals surface area contributed by atoms with Crippen LogP contribution in [0.25, 0.3) is 0 Å². The van der Waals surface area contributed by atoms with Crippen molar-refractivity contribution in [3.63, 3.8) is 0 Å². The molecule has 1 aromatic heterocycles. The molecule has 1 unspecified atom stereocenters. The molecular weight excluding hydrogens is 244 g/mol. The molecule has 1 aliphatic heterocycles. The molecule has 2 rings (SSSR count). The molecule has 2 heterocycles. The molecule has 0 bridgehead atoms. The van der Waals surface area contributed by atoms with Crippen LogP contribution in [0, 0.1) is 6.92 Å². The van der Waals surface area contributed by atoms with E-state index in [9.17, 15) is 15.0 Å². The second-order valence-corrected chi connectivity index (χ2v) is 5.03. The first-order valence-electron chi connectivity index (χ1n) is 6.71. The third kappa shape index (κ3) is 3.04. The van der Waals surface area contributed by atoms with E-state index in [1.807, 2.05) is 11.8 Å². The van der Waals surface area contributed by atoms with Gasteiger partial charge in [-0.05, 0) is 25.8 Å². The quantitative estimate of drug-likeness (QED) is 0.871. The number of aryl methyl sites for hydroxylation is 1. The van der Waals surface area contributed by atoms with E-state index in [4.69, 9.17) is 0 Å². The van der Waals surface area contributed by atoms with Crippen LogP contribution in [-0.4, -0.2) is 40.4 Å². The third-order valence-electron chi connectivity index (χ3n) is 3.65. The minimum Gasteiger partial charge on any atom is -0.478 e. The summed E-state index contributed by atoms with van der Waals surface area (Å²) in [6.07, 6.45) is 5.54. The Balaban J connectivity index is 2.42. The molecule has 1 saturated heterocycles. The van der Waals surface area contributed by atoms with Crippen LogP contribution < -0.4 is 4.90 Å². The zero-order chi connectivity index (χ0) is 13.8. The molecule has 0 spiro atoms. The summed E-state index contributed by atoms with van der Waals surface area (Å²) >= 11 is 0. The summed E-state index contributed by atoms with van der Waals surface area (Å²) in [6.45, 7) is 2.69. The van der Waals surface area contributed by atoms with Gasteiger partial charge in [0.05, 0.1) is 18.3 Å². The summed E-state index contributed by atoms with van der Waals surface area (Å²) in [7, 11) is 0. The van der Waals surface area contributed by atoms with Gasteiger partial charge in [0, 0.05) is 18.4 Å². The predicted octanol–water partition coefficient (Wildman–Crippen LogP) is 1.83. The van der Waals surface area contributed by atoms with Gasteiger partial charge in [0.1, 0.15) is 5.56 Å². The van der Waals surface area contributed by atoms with Crippen LogP contribution in [0.5, 0.6) is 0 Å². The molecule has 1 aliphatic rings. The topological polar surface area (TPSA) is 73.7 Å². The van der Waals surface area contributed by atoms with Crippen LogP contribution in [0.15, 0.2) is 12.3 Å². The summed E-state index contributed by atoms with van der Waals surface area (Å²) in [5.41, 5.74) is 1.69. The number of aliphatic hydroxyl groups excluding tert-OH is 1. The monoisotopic (exact) mass is 264 g/mol. The Hall–Kier alpha value is -1.62. The van der Waals surface area contributed by atoms with Crippen LogP contribution in [0.2, 0.25) is 0 Å². The molecule has 0 aliphatic carbocycles. The molecule has 0 radical (unpaired) electrons. The fourth-order valence-corrected chi connectivity index (χ4v) is 2.63. The first-order chi connectivity index (χ1) is 9.13. The van der Waals surface area contributed by atoms with E-state index in [0.29, 0.717) is 5.69 Å². The van der Waals surface area contributed by atoms with Gasteiger partial charge in [-0.3, -0.25) is 4.98 Å². The molecule has 5 heteroatoms. The highest BCUT2D eigenvalue weighted by molar-refractivity contribution is 5.94. The van der Waals surface area contributed by atoms with Gasteiger partial charge in [0.15, 0.2) is 0 Å². The molecule has 0 saturated carbocycles. The number of pyridine rings is 1. The first-order valence-corrected chi connectivity index (χ1v) is 6.71. The second-order valence-electron chi connectivity index (χ2n) is 5.03. The lowest BCUT2D eigenvalue weighted by Gasteiger charge is -2.31. The molecule has 1 atom stereocenters. The largest absolute Gasteiger partial charge is 0.478 e. The van der Waals surface area contributed by atoms with E-state index < -0.39 is 5.97 Å². The minimum atomic E-state index is -0.969. The second kappa shape index (κ2) is 6.02. The summed E-state index contributed by atoms with van der Waals surface area (Å²) in [5, 5.41) is 18.8. The van der Waals surface area contributed by atoms with E-state index in [0.717, 1.165) is 37.9 Å². The van der Waals surface area contributed by atoms with Crippen molar-refractivity contribution >= 4 is 11.7 Å². The van der Waals surface area contributed by atoms with Crippen molar-refractivity contribution in [3.05, 3.63) is 23.5 Å². The van der Waals surface area contributed by atoms with Crippen molar-refractivity contribution < 1.29 is 15.0 Å². The van der Waals surface area contributed by atoms with Crippen LogP contribution in [0.4, 0.5) is 5.69 Å². The molecule has 1 fully saturated rings. The van der Waals surface area contributed by atoms with Gasteiger partial charge in [-0.2, -0.15) is 0 Å². The number of carboxylic acid groups (broad SMARTS) is 1. The molecule has 0 amide bonds. The lowest BCUT2D eigenvalue weighted by Crippen LogP contribution is -2.38. The number of aromatic carboxylic acids is 1. The Bertz CT molecular complexity index is 462. The Morgan fingerprint density at radius 2 is 2.26 bits per heavy atom. The van der Waals surface area contributed by atoms with Gasteiger partial charge >= 0.3 is 5.97 Å². The summed E-state index contributed by atoms with van der Waals surface area (Å²) in [6, 6.07) is 1.81. The van der Waals surface area contributed by atoms with E-state index in [1.165, 1.54) is 6.20 Å². The minimum absolute atomic E-state index is 0.00222. The van der Waals surface area contributed by atoms with Gasteiger partial charge in [-0.15, -0.1) is 0 Å².